The normalized spacial score (nSPS) is 18.1. The molecule has 2 aromatic rings. The summed E-state index contributed by atoms with van der Waals surface area (Å²) in [6, 6.07) is 13.3. The van der Waals surface area contributed by atoms with Crippen LogP contribution in [0.5, 0.6) is 5.75 Å². The van der Waals surface area contributed by atoms with E-state index in [0.29, 0.717) is 42.9 Å². The number of piperidine rings is 1. The number of sulfonamides is 1. The van der Waals surface area contributed by atoms with Gasteiger partial charge in [-0.05, 0) is 43.2 Å². The van der Waals surface area contributed by atoms with E-state index in [4.69, 9.17) is 4.74 Å². The summed E-state index contributed by atoms with van der Waals surface area (Å²) >= 11 is 0. The zero-order chi connectivity index (χ0) is 19.7. The molecule has 8 heteroatoms. The minimum absolute atomic E-state index is 0.0331. The molecule has 7 nitrogen and oxygen atoms in total. The van der Waals surface area contributed by atoms with E-state index >= 15 is 0 Å². The third kappa shape index (κ3) is 3.53. The summed E-state index contributed by atoms with van der Waals surface area (Å²) in [5, 5.41) is 2.70. The molecule has 0 atom stereocenters. The van der Waals surface area contributed by atoms with E-state index in [1.807, 2.05) is 0 Å². The second kappa shape index (κ2) is 7.37. The first kappa shape index (κ1) is 18.6. The SMILES string of the molecule is O=C1COc2ccc(C(=O)C3CCN(S(=O)(=O)c4ccccc4)CC3)cc2N1. The molecule has 2 aliphatic heterocycles. The van der Waals surface area contributed by atoms with Gasteiger partial charge < -0.3 is 10.1 Å². The molecule has 0 aliphatic carbocycles. The lowest BCUT2D eigenvalue weighted by molar-refractivity contribution is -0.118. The first-order chi connectivity index (χ1) is 13.4. The van der Waals surface area contributed by atoms with Crippen LogP contribution in [0.25, 0.3) is 0 Å². The van der Waals surface area contributed by atoms with E-state index in [1.165, 1.54) is 4.31 Å². The Morgan fingerprint density at radius 1 is 1.07 bits per heavy atom. The van der Waals surface area contributed by atoms with Crippen molar-refractivity contribution in [1.29, 1.82) is 0 Å². The van der Waals surface area contributed by atoms with Gasteiger partial charge in [0.15, 0.2) is 12.4 Å². The number of ketones is 1. The van der Waals surface area contributed by atoms with Crippen LogP contribution in [-0.4, -0.2) is 44.1 Å². The molecule has 0 radical (unpaired) electrons. The summed E-state index contributed by atoms with van der Waals surface area (Å²) in [6.45, 7) is 0.575. The first-order valence-electron chi connectivity index (χ1n) is 9.11. The summed E-state index contributed by atoms with van der Waals surface area (Å²) < 4.78 is 32.2. The van der Waals surface area contributed by atoms with Crippen molar-refractivity contribution in [2.75, 3.05) is 25.0 Å². The Morgan fingerprint density at radius 2 is 1.79 bits per heavy atom. The average molecular weight is 400 g/mol. The highest BCUT2D eigenvalue weighted by Crippen LogP contribution is 2.31. The maximum atomic E-state index is 12.9. The second-order valence-electron chi connectivity index (χ2n) is 6.90. The Balaban J connectivity index is 1.45. The summed E-state index contributed by atoms with van der Waals surface area (Å²) in [7, 11) is -3.54. The van der Waals surface area contributed by atoms with Gasteiger partial charge in [-0.25, -0.2) is 8.42 Å². The van der Waals surface area contributed by atoms with Gasteiger partial charge in [-0.2, -0.15) is 4.31 Å². The van der Waals surface area contributed by atoms with Crippen molar-refractivity contribution < 1.29 is 22.7 Å². The van der Waals surface area contributed by atoms with Crippen LogP contribution in [0.2, 0.25) is 0 Å². The molecule has 146 valence electrons. The third-order valence-corrected chi connectivity index (χ3v) is 7.02. The average Bonchev–Trinajstić information content (AvgIpc) is 2.73. The minimum Gasteiger partial charge on any atom is -0.482 e. The number of benzene rings is 2. The Kier molecular flexibility index (Phi) is 4.91. The molecule has 2 aromatic carbocycles. The summed E-state index contributed by atoms with van der Waals surface area (Å²) in [5.41, 5.74) is 0.986. The Morgan fingerprint density at radius 3 is 2.50 bits per heavy atom. The van der Waals surface area contributed by atoms with Crippen LogP contribution in [0.3, 0.4) is 0 Å². The Bertz CT molecular complexity index is 1010. The van der Waals surface area contributed by atoms with E-state index in [-0.39, 0.29) is 29.1 Å². The van der Waals surface area contributed by atoms with Gasteiger partial charge in [-0.1, -0.05) is 18.2 Å². The maximum absolute atomic E-state index is 12.9. The van der Waals surface area contributed by atoms with Gasteiger partial charge in [0.25, 0.3) is 5.91 Å². The Hall–Kier alpha value is -2.71. The zero-order valence-corrected chi connectivity index (χ0v) is 15.9. The van der Waals surface area contributed by atoms with Gasteiger partial charge in [0.2, 0.25) is 10.0 Å². The molecule has 2 heterocycles. The van der Waals surface area contributed by atoms with Crippen LogP contribution >= 0.6 is 0 Å². The molecule has 0 saturated carbocycles. The van der Waals surface area contributed by atoms with Crippen molar-refractivity contribution in [1.82, 2.24) is 4.31 Å². The summed E-state index contributed by atoms with van der Waals surface area (Å²) in [4.78, 5) is 24.6. The number of nitrogens with zero attached hydrogens (tertiary/aromatic N) is 1. The van der Waals surface area contributed by atoms with Crippen LogP contribution < -0.4 is 10.1 Å². The molecule has 0 spiro atoms. The lowest BCUT2D eigenvalue weighted by Gasteiger charge is -2.30. The monoisotopic (exact) mass is 400 g/mol. The molecule has 1 amide bonds. The van der Waals surface area contributed by atoms with Gasteiger partial charge in [0, 0.05) is 24.6 Å². The molecule has 0 aromatic heterocycles. The molecule has 1 saturated heterocycles. The largest absolute Gasteiger partial charge is 0.482 e. The fourth-order valence-corrected chi connectivity index (χ4v) is 5.06. The van der Waals surface area contributed by atoms with Crippen molar-refractivity contribution >= 4 is 27.4 Å². The summed E-state index contributed by atoms with van der Waals surface area (Å²) in [6.07, 6.45) is 0.926. The highest BCUT2D eigenvalue weighted by Gasteiger charge is 2.32. The van der Waals surface area contributed by atoms with E-state index in [9.17, 15) is 18.0 Å². The van der Waals surface area contributed by atoms with Crippen LogP contribution in [0.1, 0.15) is 23.2 Å². The van der Waals surface area contributed by atoms with Crippen molar-refractivity contribution in [3.8, 4) is 5.75 Å². The first-order valence-corrected chi connectivity index (χ1v) is 10.6. The number of hydrogen-bond donors (Lipinski definition) is 1. The van der Waals surface area contributed by atoms with Crippen LogP contribution in [0.15, 0.2) is 53.4 Å². The molecular weight excluding hydrogens is 380 g/mol. The van der Waals surface area contributed by atoms with Crippen molar-refractivity contribution in [3.63, 3.8) is 0 Å². The predicted molar refractivity (Wildman–Crippen MR) is 103 cm³/mol. The topological polar surface area (TPSA) is 92.8 Å². The van der Waals surface area contributed by atoms with Crippen molar-refractivity contribution in [3.05, 3.63) is 54.1 Å². The number of hydrogen-bond acceptors (Lipinski definition) is 5. The van der Waals surface area contributed by atoms with E-state index in [0.717, 1.165) is 0 Å². The fourth-order valence-electron chi connectivity index (χ4n) is 3.57. The van der Waals surface area contributed by atoms with E-state index in [2.05, 4.69) is 5.32 Å². The molecule has 4 rings (SSSR count). The van der Waals surface area contributed by atoms with Crippen LogP contribution in [-0.2, 0) is 14.8 Å². The highest BCUT2D eigenvalue weighted by atomic mass is 32.2. The number of ether oxygens (including phenoxy) is 1. The number of carbonyl (C=O) groups excluding carboxylic acids is 2. The second-order valence-corrected chi connectivity index (χ2v) is 8.84. The molecule has 1 N–H and O–H groups in total. The number of rotatable bonds is 4. The lowest BCUT2D eigenvalue weighted by atomic mass is 9.89. The van der Waals surface area contributed by atoms with Gasteiger partial charge in [0.05, 0.1) is 10.6 Å². The number of carbonyl (C=O) groups is 2. The smallest absolute Gasteiger partial charge is 0.262 e. The number of fused-ring (bicyclic) bond motifs is 1. The van der Waals surface area contributed by atoms with E-state index in [1.54, 1.807) is 48.5 Å². The number of amides is 1. The molecule has 0 unspecified atom stereocenters. The fraction of sp³-hybridized carbons (Fsp3) is 0.300. The Labute approximate surface area is 163 Å². The summed E-state index contributed by atoms with van der Waals surface area (Å²) in [5.74, 6) is -0.00341. The minimum atomic E-state index is -3.54. The van der Waals surface area contributed by atoms with Gasteiger partial charge in [-0.3, -0.25) is 9.59 Å². The zero-order valence-electron chi connectivity index (χ0n) is 15.1. The molecule has 1 fully saturated rings. The number of Topliss-reactive ketones (excluding diaryl/α,β-unsaturated/α-hetero) is 1. The van der Waals surface area contributed by atoms with E-state index < -0.39 is 10.0 Å². The van der Waals surface area contributed by atoms with Crippen molar-refractivity contribution in [2.45, 2.75) is 17.7 Å². The lowest BCUT2D eigenvalue weighted by Crippen LogP contribution is -2.40. The quantitative estimate of drug-likeness (QED) is 0.795. The maximum Gasteiger partial charge on any atom is 0.262 e. The highest BCUT2D eigenvalue weighted by molar-refractivity contribution is 7.89. The molecule has 2 aliphatic rings. The van der Waals surface area contributed by atoms with Gasteiger partial charge in [0.1, 0.15) is 5.75 Å². The third-order valence-electron chi connectivity index (χ3n) is 5.10. The van der Waals surface area contributed by atoms with Crippen LogP contribution in [0, 0.1) is 5.92 Å². The van der Waals surface area contributed by atoms with Gasteiger partial charge >= 0.3 is 0 Å². The van der Waals surface area contributed by atoms with Gasteiger partial charge in [-0.15, -0.1) is 0 Å². The molecule has 0 bridgehead atoms. The number of nitrogens with one attached hydrogen (secondary N) is 1. The standard InChI is InChI=1S/C20H20N2O5S/c23-19-13-27-18-7-6-15(12-17(18)21-19)20(24)14-8-10-22(11-9-14)28(25,26)16-4-2-1-3-5-16/h1-7,12,14H,8-11,13H2,(H,21,23). The number of anilines is 1. The van der Waals surface area contributed by atoms with Crippen molar-refractivity contribution in [2.24, 2.45) is 5.92 Å². The predicted octanol–water partition coefficient (Wildman–Crippen LogP) is 2.30. The van der Waals surface area contributed by atoms with Crippen LogP contribution in [0.4, 0.5) is 5.69 Å². The molecule has 28 heavy (non-hydrogen) atoms. The molecular formula is C20H20N2O5S.